The number of carbonyl (C=O) groups is 1. The van der Waals surface area contributed by atoms with Crippen LogP contribution in [-0.2, 0) is 4.74 Å². The van der Waals surface area contributed by atoms with Crippen molar-refractivity contribution in [1.29, 1.82) is 0 Å². The molecule has 4 heteroatoms. The molecule has 0 atom stereocenters. The Hall–Kier alpha value is -0.770. The molecule has 174 valence electrons. The maximum Gasteiger partial charge on any atom is 0.407 e. The Bertz CT molecular complexity index is 348. The number of hydrogen-bond acceptors (Lipinski definition) is 3. The van der Waals surface area contributed by atoms with E-state index in [9.17, 15) is 4.79 Å². The van der Waals surface area contributed by atoms with Crippen molar-refractivity contribution < 1.29 is 9.53 Å². The molecule has 0 aromatic carbocycles. The Balaban J connectivity index is 4.05. The van der Waals surface area contributed by atoms with E-state index in [1.165, 1.54) is 89.9 Å². The van der Waals surface area contributed by atoms with Crippen LogP contribution in [0.4, 0.5) is 4.79 Å². The first-order chi connectivity index (χ1) is 13.9. The Labute approximate surface area is 182 Å². The van der Waals surface area contributed by atoms with E-state index in [1.54, 1.807) is 0 Å². The normalized spacial score (nSPS) is 11.8. The average molecular weight is 413 g/mol. The zero-order chi connectivity index (χ0) is 21.8. The number of ether oxygens (including phenoxy) is 1. The largest absolute Gasteiger partial charge is 0.444 e. The van der Waals surface area contributed by atoms with Gasteiger partial charge in [-0.15, -0.1) is 0 Å². The lowest BCUT2D eigenvalue weighted by Gasteiger charge is -2.24. The summed E-state index contributed by atoms with van der Waals surface area (Å²) in [6, 6.07) is 0. The Morgan fingerprint density at radius 3 is 1.52 bits per heavy atom. The maximum absolute atomic E-state index is 11.9. The van der Waals surface area contributed by atoms with Crippen LogP contribution in [-0.4, -0.2) is 42.8 Å². The zero-order valence-electron chi connectivity index (χ0n) is 20.5. The molecule has 0 radical (unpaired) electrons. The van der Waals surface area contributed by atoms with E-state index in [0.717, 1.165) is 19.6 Å². The summed E-state index contributed by atoms with van der Waals surface area (Å²) >= 11 is 0. The first-order valence-electron chi connectivity index (χ1n) is 12.6. The molecular weight excluding hydrogens is 360 g/mol. The highest BCUT2D eigenvalue weighted by atomic mass is 16.6. The van der Waals surface area contributed by atoms with E-state index < -0.39 is 5.60 Å². The molecule has 29 heavy (non-hydrogen) atoms. The van der Waals surface area contributed by atoms with E-state index in [0.29, 0.717) is 6.54 Å². The van der Waals surface area contributed by atoms with Crippen molar-refractivity contribution in [3.8, 4) is 0 Å². The third-order valence-electron chi connectivity index (χ3n) is 5.25. The number of alkyl carbamates (subject to hydrolysis) is 1. The van der Waals surface area contributed by atoms with Crippen LogP contribution in [0.2, 0.25) is 0 Å². The van der Waals surface area contributed by atoms with Gasteiger partial charge in [0.25, 0.3) is 0 Å². The third kappa shape index (κ3) is 21.8. The van der Waals surface area contributed by atoms with E-state index >= 15 is 0 Å². The molecule has 0 aliphatic carbocycles. The van der Waals surface area contributed by atoms with E-state index in [2.05, 4.69) is 24.1 Å². The second-order valence-corrected chi connectivity index (χ2v) is 9.51. The summed E-state index contributed by atoms with van der Waals surface area (Å²) in [7, 11) is 0. The lowest BCUT2D eigenvalue weighted by atomic mass is 10.1. The molecule has 1 N–H and O–H groups in total. The van der Waals surface area contributed by atoms with E-state index in [4.69, 9.17) is 4.74 Å². The third-order valence-corrected chi connectivity index (χ3v) is 5.25. The lowest BCUT2D eigenvalue weighted by molar-refractivity contribution is 0.0522. The van der Waals surface area contributed by atoms with Gasteiger partial charge in [-0.2, -0.15) is 0 Å². The number of carbonyl (C=O) groups excluding carboxylic acids is 1. The fraction of sp³-hybridized carbons (Fsp3) is 0.960. The molecule has 0 bridgehead atoms. The molecule has 0 fully saturated rings. The van der Waals surface area contributed by atoms with Crippen molar-refractivity contribution in [3.63, 3.8) is 0 Å². The Morgan fingerprint density at radius 2 is 1.10 bits per heavy atom. The summed E-state index contributed by atoms with van der Waals surface area (Å²) in [4.78, 5) is 14.4. The molecular formula is C25H52N2O2. The molecule has 0 aromatic rings. The summed E-state index contributed by atoms with van der Waals surface area (Å²) in [5.74, 6) is 0. The van der Waals surface area contributed by atoms with Gasteiger partial charge < -0.3 is 15.0 Å². The van der Waals surface area contributed by atoms with Crippen molar-refractivity contribution in [2.45, 2.75) is 130 Å². The molecule has 0 aromatic heterocycles. The second kappa shape index (κ2) is 19.2. The quantitative estimate of drug-likeness (QED) is 0.226. The molecule has 0 saturated heterocycles. The first kappa shape index (κ1) is 28.2. The summed E-state index contributed by atoms with van der Waals surface area (Å²) in [6.07, 6.45) is 18.5. The van der Waals surface area contributed by atoms with Gasteiger partial charge in [-0.1, -0.05) is 90.9 Å². The fourth-order valence-electron chi connectivity index (χ4n) is 3.55. The predicted octanol–water partition coefficient (Wildman–Crippen LogP) is 7.31. The Morgan fingerprint density at radius 1 is 0.690 bits per heavy atom. The minimum Gasteiger partial charge on any atom is -0.444 e. The number of nitrogens with one attached hydrogen (secondary N) is 1. The lowest BCUT2D eigenvalue weighted by Crippen LogP contribution is -2.38. The van der Waals surface area contributed by atoms with E-state index in [1.807, 2.05) is 20.8 Å². The van der Waals surface area contributed by atoms with E-state index in [-0.39, 0.29) is 6.09 Å². The molecule has 0 saturated carbocycles. The molecule has 0 unspecified atom stereocenters. The minimum atomic E-state index is -0.431. The zero-order valence-corrected chi connectivity index (χ0v) is 20.5. The van der Waals surface area contributed by atoms with Crippen LogP contribution < -0.4 is 5.32 Å². The van der Waals surface area contributed by atoms with Crippen molar-refractivity contribution in [3.05, 3.63) is 0 Å². The van der Waals surface area contributed by atoms with Crippen LogP contribution in [0.15, 0.2) is 0 Å². The fourth-order valence-corrected chi connectivity index (χ4v) is 3.55. The van der Waals surface area contributed by atoms with Gasteiger partial charge in [0.15, 0.2) is 0 Å². The highest BCUT2D eigenvalue weighted by molar-refractivity contribution is 5.67. The number of rotatable bonds is 19. The number of unbranched alkanes of at least 4 members (excludes halogenated alkanes) is 12. The highest BCUT2D eigenvalue weighted by Gasteiger charge is 2.15. The molecule has 0 rings (SSSR count). The number of amides is 1. The van der Waals surface area contributed by atoms with Crippen molar-refractivity contribution in [2.75, 3.05) is 26.2 Å². The van der Waals surface area contributed by atoms with Gasteiger partial charge >= 0.3 is 6.09 Å². The van der Waals surface area contributed by atoms with Gasteiger partial charge in [-0.05, 0) is 46.7 Å². The molecule has 4 nitrogen and oxygen atoms in total. The van der Waals surface area contributed by atoms with Gasteiger partial charge in [-0.25, -0.2) is 4.79 Å². The second-order valence-electron chi connectivity index (χ2n) is 9.51. The smallest absolute Gasteiger partial charge is 0.407 e. The Kier molecular flexibility index (Phi) is 18.7. The van der Waals surface area contributed by atoms with Gasteiger partial charge in [0.05, 0.1) is 0 Å². The van der Waals surface area contributed by atoms with Crippen molar-refractivity contribution in [2.24, 2.45) is 0 Å². The summed E-state index contributed by atoms with van der Waals surface area (Å²) in [5, 5.41) is 2.92. The van der Waals surface area contributed by atoms with Crippen LogP contribution in [0.5, 0.6) is 0 Å². The van der Waals surface area contributed by atoms with Gasteiger partial charge in [0, 0.05) is 13.1 Å². The predicted molar refractivity (Wildman–Crippen MR) is 127 cm³/mol. The van der Waals surface area contributed by atoms with Crippen LogP contribution >= 0.6 is 0 Å². The number of hydrogen-bond donors (Lipinski definition) is 1. The molecule has 0 aliphatic rings. The summed E-state index contributed by atoms with van der Waals surface area (Å²) in [6.45, 7) is 14.1. The van der Waals surface area contributed by atoms with Crippen LogP contribution in [0.1, 0.15) is 125 Å². The summed E-state index contributed by atoms with van der Waals surface area (Å²) < 4.78 is 5.34. The molecule has 0 spiro atoms. The van der Waals surface area contributed by atoms with Gasteiger partial charge in [0.1, 0.15) is 5.60 Å². The van der Waals surface area contributed by atoms with Crippen LogP contribution in [0, 0.1) is 0 Å². The minimum absolute atomic E-state index is 0.302. The number of nitrogens with zero attached hydrogens (tertiary/aromatic N) is 1. The topological polar surface area (TPSA) is 41.6 Å². The average Bonchev–Trinajstić information content (AvgIpc) is 2.64. The SMILES string of the molecule is CCCCCCCCCN(CCCCCCCCC)CCNC(=O)OC(C)(C)C. The van der Waals surface area contributed by atoms with Gasteiger partial charge in [-0.3, -0.25) is 0 Å². The molecule has 1 amide bonds. The monoisotopic (exact) mass is 412 g/mol. The van der Waals surface area contributed by atoms with Crippen LogP contribution in [0.3, 0.4) is 0 Å². The van der Waals surface area contributed by atoms with Crippen LogP contribution in [0.25, 0.3) is 0 Å². The van der Waals surface area contributed by atoms with Crippen molar-refractivity contribution in [1.82, 2.24) is 10.2 Å². The molecule has 0 aliphatic heterocycles. The van der Waals surface area contributed by atoms with Crippen molar-refractivity contribution >= 4 is 6.09 Å². The molecule has 0 heterocycles. The summed E-state index contributed by atoms with van der Waals surface area (Å²) in [5.41, 5.74) is -0.431. The standard InChI is InChI=1S/C25H52N2O2/c1-6-8-10-12-14-16-18-21-27(22-19-17-15-13-11-9-7-2)23-20-26-24(28)29-25(3,4)5/h6-23H2,1-5H3,(H,26,28). The maximum atomic E-state index is 11.9. The highest BCUT2D eigenvalue weighted by Crippen LogP contribution is 2.10. The first-order valence-corrected chi connectivity index (χ1v) is 12.6. The van der Waals surface area contributed by atoms with Gasteiger partial charge in [0.2, 0.25) is 0 Å².